The fourth-order valence-corrected chi connectivity index (χ4v) is 4.49. The summed E-state index contributed by atoms with van der Waals surface area (Å²) in [6.07, 6.45) is 6.11. The second-order valence-electron chi connectivity index (χ2n) is 8.76. The van der Waals surface area contributed by atoms with Crippen LogP contribution in [0.25, 0.3) is 0 Å². The topological polar surface area (TPSA) is 57.9 Å². The lowest BCUT2D eigenvalue weighted by Gasteiger charge is -2.35. The van der Waals surface area contributed by atoms with Crippen LogP contribution in [0.1, 0.15) is 37.0 Å². The zero-order chi connectivity index (χ0) is 22.3. The van der Waals surface area contributed by atoms with Gasteiger partial charge in [-0.1, -0.05) is 18.2 Å². The Morgan fingerprint density at radius 1 is 1.25 bits per heavy atom. The first-order chi connectivity index (χ1) is 15.6. The zero-order valence-corrected chi connectivity index (χ0v) is 19.2. The molecular formula is C24H35FN6O. The van der Waals surface area contributed by atoms with Crippen molar-refractivity contribution in [3.05, 3.63) is 53.6 Å². The lowest BCUT2D eigenvalue weighted by molar-refractivity contribution is -0.00808. The SMILES string of the molecule is CCNC(=NCC1CCN(Cc2ccccc2F)CC1)N1CCOC(c2cnn(C)c2)C1. The summed E-state index contributed by atoms with van der Waals surface area (Å²) >= 11 is 0. The smallest absolute Gasteiger partial charge is 0.194 e. The lowest BCUT2D eigenvalue weighted by atomic mass is 9.96. The molecule has 2 saturated heterocycles. The molecule has 32 heavy (non-hydrogen) atoms. The molecule has 1 atom stereocenters. The Bertz CT molecular complexity index is 892. The predicted octanol–water partition coefficient (Wildman–Crippen LogP) is 2.81. The third-order valence-corrected chi connectivity index (χ3v) is 6.36. The summed E-state index contributed by atoms with van der Waals surface area (Å²) in [5.41, 5.74) is 1.89. The first kappa shape index (κ1) is 22.7. The van der Waals surface area contributed by atoms with Gasteiger partial charge < -0.3 is 15.0 Å². The highest BCUT2D eigenvalue weighted by Gasteiger charge is 2.26. The molecule has 1 unspecified atom stereocenters. The first-order valence-corrected chi connectivity index (χ1v) is 11.7. The zero-order valence-electron chi connectivity index (χ0n) is 19.2. The normalized spacial score (nSPS) is 21.2. The van der Waals surface area contributed by atoms with E-state index in [2.05, 4.69) is 27.1 Å². The van der Waals surface area contributed by atoms with Gasteiger partial charge in [0.25, 0.3) is 0 Å². The van der Waals surface area contributed by atoms with Crippen LogP contribution in [0.2, 0.25) is 0 Å². The van der Waals surface area contributed by atoms with Gasteiger partial charge in [-0.05, 0) is 44.8 Å². The highest BCUT2D eigenvalue weighted by molar-refractivity contribution is 5.80. The maximum absolute atomic E-state index is 13.9. The van der Waals surface area contributed by atoms with Gasteiger partial charge in [-0.3, -0.25) is 14.6 Å². The van der Waals surface area contributed by atoms with Crippen LogP contribution < -0.4 is 5.32 Å². The Balaban J connectivity index is 1.30. The number of guanidine groups is 1. The molecule has 2 fully saturated rings. The van der Waals surface area contributed by atoms with Crippen LogP contribution in [0.4, 0.5) is 4.39 Å². The van der Waals surface area contributed by atoms with Crippen molar-refractivity contribution in [3.63, 3.8) is 0 Å². The van der Waals surface area contributed by atoms with Crippen LogP contribution in [0.3, 0.4) is 0 Å². The summed E-state index contributed by atoms with van der Waals surface area (Å²) in [6.45, 7) is 8.74. The Morgan fingerprint density at radius 2 is 2.06 bits per heavy atom. The van der Waals surface area contributed by atoms with E-state index in [9.17, 15) is 4.39 Å². The quantitative estimate of drug-likeness (QED) is 0.551. The van der Waals surface area contributed by atoms with Gasteiger partial charge in [-0.2, -0.15) is 5.10 Å². The molecule has 1 aromatic heterocycles. The van der Waals surface area contributed by atoms with Crippen molar-refractivity contribution < 1.29 is 9.13 Å². The minimum atomic E-state index is -0.107. The second kappa shape index (κ2) is 10.9. The van der Waals surface area contributed by atoms with E-state index < -0.39 is 0 Å². The summed E-state index contributed by atoms with van der Waals surface area (Å²) in [4.78, 5) is 9.65. The molecule has 8 heteroatoms. The van der Waals surface area contributed by atoms with E-state index in [1.54, 1.807) is 12.1 Å². The average Bonchev–Trinajstić information content (AvgIpc) is 3.25. The molecule has 2 aliphatic heterocycles. The number of hydrogen-bond acceptors (Lipinski definition) is 4. The predicted molar refractivity (Wildman–Crippen MR) is 124 cm³/mol. The minimum Gasteiger partial charge on any atom is -0.370 e. The van der Waals surface area contributed by atoms with Crippen molar-refractivity contribution in [3.8, 4) is 0 Å². The molecular weight excluding hydrogens is 407 g/mol. The summed E-state index contributed by atoms with van der Waals surface area (Å²) in [5, 5.41) is 7.74. The van der Waals surface area contributed by atoms with Crippen molar-refractivity contribution >= 4 is 5.96 Å². The molecule has 0 amide bonds. The fraction of sp³-hybridized carbons (Fsp3) is 0.583. The molecule has 0 bridgehead atoms. The van der Waals surface area contributed by atoms with Gasteiger partial charge in [-0.15, -0.1) is 0 Å². The summed E-state index contributed by atoms with van der Waals surface area (Å²) in [7, 11) is 1.93. The van der Waals surface area contributed by atoms with Gasteiger partial charge in [-0.25, -0.2) is 4.39 Å². The molecule has 3 heterocycles. The number of benzene rings is 1. The molecule has 0 aliphatic carbocycles. The van der Waals surface area contributed by atoms with Crippen molar-refractivity contribution in [2.45, 2.75) is 32.4 Å². The molecule has 1 N–H and O–H groups in total. The van der Waals surface area contributed by atoms with Gasteiger partial charge >= 0.3 is 0 Å². The molecule has 2 aromatic rings. The van der Waals surface area contributed by atoms with Crippen molar-refractivity contribution in [1.29, 1.82) is 0 Å². The second-order valence-corrected chi connectivity index (χ2v) is 8.76. The number of hydrogen-bond donors (Lipinski definition) is 1. The van der Waals surface area contributed by atoms with Gasteiger partial charge in [0.1, 0.15) is 11.9 Å². The van der Waals surface area contributed by atoms with Gasteiger partial charge in [0, 0.05) is 50.6 Å². The van der Waals surface area contributed by atoms with E-state index in [1.165, 1.54) is 0 Å². The fourth-order valence-electron chi connectivity index (χ4n) is 4.49. The Morgan fingerprint density at radius 3 is 2.78 bits per heavy atom. The maximum atomic E-state index is 13.9. The largest absolute Gasteiger partial charge is 0.370 e. The molecule has 2 aliphatic rings. The van der Waals surface area contributed by atoms with Crippen molar-refractivity contribution in [1.82, 2.24) is 24.9 Å². The van der Waals surface area contributed by atoms with Crippen LogP contribution in [-0.4, -0.2) is 71.4 Å². The van der Waals surface area contributed by atoms with E-state index >= 15 is 0 Å². The summed E-state index contributed by atoms with van der Waals surface area (Å²) in [5.74, 6) is 1.43. The van der Waals surface area contributed by atoms with Crippen LogP contribution in [-0.2, 0) is 18.3 Å². The molecule has 4 rings (SSSR count). The highest BCUT2D eigenvalue weighted by atomic mass is 19.1. The lowest BCUT2D eigenvalue weighted by Crippen LogP contribution is -2.48. The number of halogens is 1. The van der Waals surface area contributed by atoms with Gasteiger partial charge in [0.15, 0.2) is 5.96 Å². The Labute approximate surface area is 190 Å². The number of likely N-dealkylation sites (tertiary alicyclic amines) is 1. The van der Waals surface area contributed by atoms with Crippen LogP contribution >= 0.6 is 0 Å². The number of nitrogens with one attached hydrogen (secondary N) is 1. The van der Waals surface area contributed by atoms with Gasteiger partial charge in [0.05, 0.1) is 19.3 Å². The molecule has 174 valence electrons. The standard InChI is InChI=1S/C24H35FN6O/c1-3-26-24(31-12-13-32-23(18-31)21-15-28-29(2)16-21)27-14-19-8-10-30(11-9-19)17-20-6-4-5-7-22(20)25/h4-7,15-16,19,23H,3,8-14,17-18H2,1-2H3,(H,26,27). The number of aromatic nitrogens is 2. The van der Waals surface area contributed by atoms with E-state index in [0.717, 1.165) is 69.2 Å². The molecule has 7 nitrogen and oxygen atoms in total. The average molecular weight is 443 g/mol. The van der Waals surface area contributed by atoms with E-state index in [1.807, 2.05) is 36.3 Å². The highest BCUT2D eigenvalue weighted by Crippen LogP contribution is 2.23. The first-order valence-electron chi connectivity index (χ1n) is 11.7. The summed E-state index contributed by atoms with van der Waals surface area (Å²) < 4.78 is 21.8. The number of morpholine rings is 1. The van der Waals surface area contributed by atoms with Crippen LogP contribution in [0.15, 0.2) is 41.7 Å². The van der Waals surface area contributed by atoms with Crippen LogP contribution in [0.5, 0.6) is 0 Å². The third-order valence-electron chi connectivity index (χ3n) is 6.36. The molecule has 0 saturated carbocycles. The van der Waals surface area contributed by atoms with Gasteiger partial charge in [0.2, 0.25) is 0 Å². The Hall–Kier alpha value is -2.45. The molecule has 1 aromatic carbocycles. The number of ether oxygens (including phenoxy) is 1. The minimum absolute atomic E-state index is 0.0166. The van der Waals surface area contributed by atoms with Crippen molar-refractivity contribution in [2.24, 2.45) is 18.0 Å². The summed E-state index contributed by atoms with van der Waals surface area (Å²) in [6, 6.07) is 7.09. The third kappa shape index (κ3) is 5.86. The number of aliphatic imine (C=N–C) groups is 1. The molecule has 0 spiro atoms. The van der Waals surface area contributed by atoms with E-state index in [-0.39, 0.29) is 11.9 Å². The molecule has 0 radical (unpaired) electrons. The monoisotopic (exact) mass is 442 g/mol. The Kier molecular flexibility index (Phi) is 7.76. The van der Waals surface area contributed by atoms with Crippen molar-refractivity contribution in [2.75, 3.05) is 45.9 Å². The number of piperidine rings is 1. The number of rotatable bonds is 6. The maximum Gasteiger partial charge on any atom is 0.194 e. The number of nitrogens with zero attached hydrogens (tertiary/aromatic N) is 5. The number of aryl methyl sites for hydroxylation is 1. The van der Waals surface area contributed by atoms with E-state index in [4.69, 9.17) is 9.73 Å². The van der Waals surface area contributed by atoms with E-state index in [0.29, 0.717) is 19.1 Å². The van der Waals surface area contributed by atoms with Crippen LogP contribution in [0, 0.1) is 11.7 Å².